The van der Waals surface area contributed by atoms with Crippen LogP contribution in [-0.4, -0.2) is 9.97 Å². The van der Waals surface area contributed by atoms with E-state index in [1.807, 2.05) is 50.2 Å². The van der Waals surface area contributed by atoms with Crippen LogP contribution in [0.5, 0.6) is 11.6 Å². The highest BCUT2D eigenvalue weighted by Gasteiger charge is 2.07. The highest BCUT2D eigenvalue weighted by atomic mass is 16.5. The number of nitrogens with two attached hydrogens (primary N) is 1. The topological polar surface area (TPSA) is 61.0 Å². The number of fused-ring (bicyclic) bond motifs is 1. The maximum absolute atomic E-state index is 5.92. The van der Waals surface area contributed by atoms with Gasteiger partial charge in [0.1, 0.15) is 5.75 Å². The lowest BCUT2D eigenvalue weighted by Gasteiger charge is -2.10. The minimum atomic E-state index is 0.468. The molecule has 4 heteroatoms. The van der Waals surface area contributed by atoms with E-state index in [-0.39, 0.29) is 0 Å². The Morgan fingerprint density at radius 3 is 2.55 bits per heavy atom. The minimum absolute atomic E-state index is 0.468. The van der Waals surface area contributed by atoms with Crippen LogP contribution in [0.4, 0.5) is 5.69 Å². The molecule has 0 bridgehead atoms. The molecule has 4 nitrogen and oxygen atoms in total. The number of aromatic nitrogens is 2. The quantitative estimate of drug-likeness (QED) is 0.719. The monoisotopic (exact) mass is 265 g/mol. The molecule has 0 aliphatic heterocycles. The Labute approximate surface area is 117 Å². The SMILES string of the molecule is Cc1cc(C)c(Oc2cnc3ccccc3n2)cc1N. The summed E-state index contributed by atoms with van der Waals surface area (Å²) in [4.78, 5) is 8.77. The molecule has 100 valence electrons. The van der Waals surface area contributed by atoms with Crippen molar-refractivity contribution in [1.29, 1.82) is 0 Å². The number of nitrogens with zero attached hydrogens (tertiary/aromatic N) is 2. The van der Waals surface area contributed by atoms with Crippen LogP contribution in [0.25, 0.3) is 11.0 Å². The first-order chi connectivity index (χ1) is 9.63. The van der Waals surface area contributed by atoms with Crippen molar-refractivity contribution in [3.8, 4) is 11.6 Å². The Balaban J connectivity index is 1.99. The standard InChI is InChI=1S/C16H15N3O/c1-10-7-11(2)15(8-12(10)17)20-16-9-18-13-5-3-4-6-14(13)19-16/h3-9H,17H2,1-2H3. The van der Waals surface area contributed by atoms with Gasteiger partial charge in [0.05, 0.1) is 17.2 Å². The second kappa shape index (κ2) is 4.81. The summed E-state index contributed by atoms with van der Waals surface area (Å²) >= 11 is 0. The average molecular weight is 265 g/mol. The van der Waals surface area contributed by atoms with Gasteiger partial charge < -0.3 is 10.5 Å². The third kappa shape index (κ3) is 2.28. The van der Waals surface area contributed by atoms with Crippen molar-refractivity contribution < 1.29 is 4.74 Å². The van der Waals surface area contributed by atoms with Crippen molar-refractivity contribution >= 4 is 16.7 Å². The number of anilines is 1. The fraction of sp³-hybridized carbons (Fsp3) is 0.125. The van der Waals surface area contributed by atoms with E-state index in [4.69, 9.17) is 10.5 Å². The summed E-state index contributed by atoms with van der Waals surface area (Å²) in [6, 6.07) is 11.5. The van der Waals surface area contributed by atoms with Gasteiger partial charge in [-0.25, -0.2) is 9.97 Å². The van der Waals surface area contributed by atoms with Gasteiger partial charge >= 0.3 is 0 Å². The Kier molecular flexibility index (Phi) is 2.99. The van der Waals surface area contributed by atoms with Crippen molar-refractivity contribution in [3.63, 3.8) is 0 Å². The van der Waals surface area contributed by atoms with E-state index in [1.54, 1.807) is 6.20 Å². The van der Waals surface area contributed by atoms with Crippen molar-refractivity contribution in [1.82, 2.24) is 9.97 Å². The predicted molar refractivity (Wildman–Crippen MR) is 79.9 cm³/mol. The Hall–Kier alpha value is -2.62. The van der Waals surface area contributed by atoms with Crippen LogP contribution < -0.4 is 10.5 Å². The van der Waals surface area contributed by atoms with E-state index in [9.17, 15) is 0 Å². The lowest BCUT2D eigenvalue weighted by atomic mass is 10.1. The summed E-state index contributed by atoms with van der Waals surface area (Å²) in [5.41, 5.74) is 10.3. The van der Waals surface area contributed by atoms with E-state index in [2.05, 4.69) is 9.97 Å². The maximum Gasteiger partial charge on any atom is 0.238 e. The molecule has 0 aliphatic carbocycles. The summed E-state index contributed by atoms with van der Waals surface area (Å²) < 4.78 is 5.80. The molecule has 0 radical (unpaired) electrons. The molecule has 0 atom stereocenters. The van der Waals surface area contributed by atoms with Crippen LogP contribution in [0.3, 0.4) is 0 Å². The van der Waals surface area contributed by atoms with Crippen molar-refractivity contribution in [2.75, 3.05) is 5.73 Å². The zero-order valence-corrected chi connectivity index (χ0v) is 11.4. The van der Waals surface area contributed by atoms with Crippen LogP contribution in [0, 0.1) is 13.8 Å². The zero-order chi connectivity index (χ0) is 14.1. The molecular formula is C16H15N3O. The van der Waals surface area contributed by atoms with Crippen LogP contribution in [0.1, 0.15) is 11.1 Å². The van der Waals surface area contributed by atoms with Gasteiger partial charge in [-0.2, -0.15) is 0 Å². The van der Waals surface area contributed by atoms with Gasteiger partial charge in [0.25, 0.3) is 0 Å². The molecule has 1 aromatic heterocycles. The number of hydrogen-bond donors (Lipinski definition) is 1. The molecule has 20 heavy (non-hydrogen) atoms. The molecule has 3 aromatic rings. The molecule has 2 aromatic carbocycles. The molecular weight excluding hydrogens is 250 g/mol. The number of rotatable bonds is 2. The van der Waals surface area contributed by atoms with Crippen molar-refractivity contribution in [2.45, 2.75) is 13.8 Å². The fourth-order valence-corrected chi connectivity index (χ4v) is 2.06. The minimum Gasteiger partial charge on any atom is -0.437 e. The number of para-hydroxylation sites is 2. The van der Waals surface area contributed by atoms with Crippen molar-refractivity contribution in [2.24, 2.45) is 0 Å². The Morgan fingerprint density at radius 1 is 1.00 bits per heavy atom. The van der Waals surface area contributed by atoms with E-state index in [0.717, 1.165) is 22.2 Å². The second-order valence-corrected chi connectivity index (χ2v) is 4.77. The lowest BCUT2D eigenvalue weighted by Crippen LogP contribution is -1.96. The van der Waals surface area contributed by atoms with Gasteiger partial charge in [0, 0.05) is 11.8 Å². The van der Waals surface area contributed by atoms with E-state index >= 15 is 0 Å². The highest BCUT2D eigenvalue weighted by molar-refractivity contribution is 5.74. The number of benzene rings is 2. The van der Waals surface area contributed by atoms with Gasteiger partial charge in [0.15, 0.2) is 0 Å². The summed E-state index contributed by atoms with van der Waals surface area (Å²) in [6.07, 6.45) is 1.62. The van der Waals surface area contributed by atoms with Crippen molar-refractivity contribution in [3.05, 3.63) is 53.7 Å². The summed E-state index contributed by atoms with van der Waals surface area (Å²) in [6.45, 7) is 3.96. The Bertz CT molecular complexity index is 784. The molecule has 0 amide bonds. The summed E-state index contributed by atoms with van der Waals surface area (Å²) in [5.74, 6) is 1.17. The number of aryl methyl sites for hydroxylation is 2. The summed E-state index contributed by atoms with van der Waals surface area (Å²) in [5, 5.41) is 0. The first-order valence-corrected chi connectivity index (χ1v) is 6.40. The third-order valence-electron chi connectivity index (χ3n) is 3.20. The lowest BCUT2D eigenvalue weighted by molar-refractivity contribution is 0.459. The summed E-state index contributed by atoms with van der Waals surface area (Å²) in [7, 11) is 0. The first-order valence-electron chi connectivity index (χ1n) is 6.40. The van der Waals surface area contributed by atoms with Crippen LogP contribution in [0.2, 0.25) is 0 Å². The normalized spacial score (nSPS) is 10.7. The molecule has 0 fully saturated rings. The molecule has 1 heterocycles. The van der Waals surface area contributed by atoms with E-state index in [0.29, 0.717) is 17.3 Å². The molecule has 0 saturated heterocycles. The molecule has 3 rings (SSSR count). The van der Waals surface area contributed by atoms with Crippen LogP contribution in [0.15, 0.2) is 42.6 Å². The highest BCUT2D eigenvalue weighted by Crippen LogP contribution is 2.28. The number of hydrogen-bond acceptors (Lipinski definition) is 4. The predicted octanol–water partition coefficient (Wildman–Crippen LogP) is 3.62. The molecule has 2 N–H and O–H groups in total. The third-order valence-corrected chi connectivity index (χ3v) is 3.20. The fourth-order valence-electron chi connectivity index (χ4n) is 2.06. The van der Waals surface area contributed by atoms with Gasteiger partial charge in [-0.15, -0.1) is 0 Å². The van der Waals surface area contributed by atoms with Crippen LogP contribution >= 0.6 is 0 Å². The Morgan fingerprint density at radius 2 is 1.75 bits per heavy atom. The average Bonchev–Trinajstić information content (AvgIpc) is 2.44. The van der Waals surface area contributed by atoms with E-state index < -0.39 is 0 Å². The largest absolute Gasteiger partial charge is 0.437 e. The second-order valence-electron chi connectivity index (χ2n) is 4.77. The number of nitrogen functional groups attached to an aromatic ring is 1. The molecule has 0 spiro atoms. The molecule has 0 aliphatic rings. The first kappa shape index (κ1) is 12.4. The van der Waals surface area contributed by atoms with E-state index in [1.165, 1.54) is 0 Å². The molecule has 0 unspecified atom stereocenters. The van der Waals surface area contributed by atoms with Crippen LogP contribution in [-0.2, 0) is 0 Å². The molecule has 0 saturated carbocycles. The smallest absolute Gasteiger partial charge is 0.238 e. The number of ether oxygens (including phenoxy) is 1. The van der Waals surface area contributed by atoms with Gasteiger partial charge in [-0.3, -0.25) is 0 Å². The van der Waals surface area contributed by atoms with Gasteiger partial charge in [0.2, 0.25) is 5.88 Å². The maximum atomic E-state index is 5.92. The van der Waals surface area contributed by atoms with Gasteiger partial charge in [-0.1, -0.05) is 18.2 Å². The van der Waals surface area contributed by atoms with Gasteiger partial charge in [-0.05, 0) is 37.1 Å². The zero-order valence-electron chi connectivity index (χ0n) is 11.4.